The van der Waals surface area contributed by atoms with E-state index >= 15 is 0 Å². The number of carbonyl (C=O) groups is 1. The fourth-order valence-corrected chi connectivity index (χ4v) is 3.71. The SMILES string of the molecule is COc1ccc(OC2CCN(c3nnc(C(=O)NCc4ccncc4)cc3C)CC2)cc1. The molecule has 0 atom stereocenters. The van der Waals surface area contributed by atoms with Gasteiger partial charge in [0.2, 0.25) is 0 Å². The van der Waals surface area contributed by atoms with E-state index in [1.807, 2.05) is 43.3 Å². The Labute approximate surface area is 187 Å². The highest BCUT2D eigenvalue weighted by molar-refractivity contribution is 5.92. The van der Waals surface area contributed by atoms with E-state index in [0.29, 0.717) is 12.2 Å². The van der Waals surface area contributed by atoms with Crippen LogP contribution in [0.25, 0.3) is 0 Å². The Kier molecular flexibility index (Phi) is 6.79. The van der Waals surface area contributed by atoms with Gasteiger partial charge >= 0.3 is 0 Å². The molecule has 3 heterocycles. The molecule has 0 radical (unpaired) electrons. The molecule has 1 aliphatic rings. The minimum Gasteiger partial charge on any atom is -0.497 e. The first kappa shape index (κ1) is 21.5. The average molecular weight is 434 g/mol. The highest BCUT2D eigenvalue weighted by Crippen LogP contribution is 2.25. The zero-order valence-electron chi connectivity index (χ0n) is 18.3. The zero-order valence-corrected chi connectivity index (χ0v) is 18.3. The van der Waals surface area contributed by atoms with E-state index in [-0.39, 0.29) is 12.0 Å². The summed E-state index contributed by atoms with van der Waals surface area (Å²) < 4.78 is 11.3. The van der Waals surface area contributed by atoms with Crippen molar-refractivity contribution < 1.29 is 14.3 Å². The summed E-state index contributed by atoms with van der Waals surface area (Å²) in [4.78, 5) is 18.6. The molecule has 1 fully saturated rings. The van der Waals surface area contributed by atoms with E-state index in [9.17, 15) is 4.79 Å². The Bertz CT molecular complexity index is 1040. The summed E-state index contributed by atoms with van der Waals surface area (Å²) >= 11 is 0. The summed E-state index contributed by atoms with van der Waals surface area (Å²) in [5, 5.41) is 11.4. The number of ether oxygens (including phenoxy) is 2. The van der Waals surface area contributed by atoms with Gasteiger partial charge in [0.15, 0.2) is 11.5 Å². The molecule has 1 aromatic carbocycles. The van der Waals surface area contributed by atoms with E-state index in [0.717, 1.165) is 54.4 Å². The molecule has 0 bridgehead atoms. The summed E-state index contributed by atoms with van der Waals surface area (Å²) in [5.74, 6) is 2.24. The summed E-state index contributed by atoms with van der Waals surface area (Å²) in [6, 6.07) is 13.2. The normalized spacial score (nSPS) is 14.1. The highest BCUT2D eigenvalue weighted by Gasteiger charge is 2.23. The number of carbonyl (C=O) groups excluding carboxylic acids is 1. The van der Waals surface area contributed by atoms with E-state index in [2.05, 4.69) is 25.4 Å². The number of aromatic nitrogens is 3. The molecule has 1 N–H and O–H groups in total. The van der Waals surface area contributed by atoms with Gasteiger partial charge in [-0.15, -0.1) is 10.2 Å². The predicted octanol–water partition coefficient (Wildman–Crippen LogP) is 3.17. The summed E-state index contributed by atoms with van der Waals surface area (Å²) in [6.45, 7) is 4.03. The van der Waals surface area contributed by atoms with Crippen molar-refractivity contribution in [2.75, 3.05) is 25.1 Å². The van der Waals surface area contributed by atoms with Crippen molar-refractivity contribution in [3.8, 4) is 11.5 Å². The third-order valence-electron chi connectivity index (χ3n) is 5.50. The number of methoxy groups -OCH3 is 1. The number of hydrogen-bond acceptors (Lipinski definition) is 7. The Morgan fingerprint density at radius 2 is 1.75 bits per heavy atom. The van der Waals surface area contributed by atoms with E-state index in [1.165, 1.54) is 0 Å². The molecule has 1 saturated heterocycles. The maximum Gasteiger partial charge on any atom is 0.272 e. The monoisotopic (exact) mass is 433 g/mol. The zero-order chi connectivity index (χ0) is 22.3. The number of amides is 1. The van der Waals surface area contributed by atoms with Crippen LogP contribution in [-0.4, -0.2) is 47.4 Å². The van der Waals surface area contributed by atoms with E-state index < -0.39 is 0 Å². The fraction of sp³-hybridized carbons (Fsp3) is 0.333. The number of piperidine rings is 1. The van der Waals surface area contributed by atoms with Crippen molar-refractivity contribution in [2.45, 2.75) is 32.4 Å². The fourth-order valence-electron chi connectivity index (χ4n) is 3.71. The van der Waals surface area contributed by atoms with Crippen molar-refractivity contribution >= 4 is 11.7 Å². The lowest BCUT2D eigenvalue weighted by Crippen LogP contribution is -2.39. The van der Waals surface area contributed by atoms with Gasteiger partial charge in [-0.1, -0.05) is 0 Å². The lowest BCUT2D eigenvalue weighted by atomic mass is 10.1. The maximum absolute atomic E-state index is 12.4. The van der Waals surface area contributed by atoms with E-state index in [1.54, 1.807) is 25.6 Å². The number of nitrogens with one attached hydrogen (secondary N) is 1. The Morgan fingerprint density at radius 1 is 1.06 bits per heavy atom. The standard InChI is InChI=1S/C24H27N5O3/c1-17-15-22(24(30)26-16-18-7-11-25-12-8-18)27-28-23(17)29-13-9-21(10-14-29)32-20-5-3-19(31-2)4-6-20/h3-8,11-12,15,21H,9-10,13-14,16H2,1-2H3,(H,26,30). The first-order chi connectivity index (χ1) is 15.6. The molecule has 8 nitrogen and oxygen atoms in total. The van der Waals surface area contributed by atoms with Gasteiger partial charge in [-0.25, -0.2) is 0 Å². The molecule has 166 valence electrons. The third-order valence-corrected chi connectivity index (χ3v) is 5.50. The Balaban J connectivity index is 1.31. The summed E-state index contributed by atoms with van der Waals surface area (Å²) in [5.41, 5.74) is 2.23. The molecular weight excluding hydrogens is 406 g/mol. The van der Waals surface area contributed by atoms with Gasteiger partial charge in [0.1, 0.15) is 17.6 Å². The number of aryl methyl sites for hydroxylation is 1. The van der Waals surface area contributed by atoms with Crippen molar-refractivity contribution in [1.82, 2.24) is 20.5 Å². The van der Waals surface area contributed by atoms with Crippen molar-refractivity contribution in [2.24, 2.45) is 0 Å². The van der Waals surface area contributed by atoms with Crippen LogP contribution in [0.2, 0.25) is 0 Å². The van der Waals surface area contributed by atoms with Crippen LogP contribution in [0.3, 0.4) is 0 Å². The highest BCUT2D eigenvalue weighted by atomic mass is 16.5. The van der Waals surface area contributed by atoms with Gasteiger partial charge in [-0.2, -0.15) is 0 Å². The quantitative estimate of drug-likeness (QED) is 0.612. The molecule has 0 unspecified atom stereocenters. The average Bonchev–Trinajstić information content (AvgIpc) is 2.84. The summed E-state index contributed by atoms with van der Waals surface area (Å²) in [7, 11) is 1.65. The van der Waals surface area contributed by atoms with Crippen LogP contribution in [0.15, 0.2) is 54.9 Å². The second kappa shape index (κ2) is 10.1. The predicted molar refractivity (Wildman–Crippen MR) is 121 cm³/mol. The van der Waals surface area contributed by atoms with Gasteiger partial charge in [0.25, 0.3) is 5.91 Å². The van der Waals surface area contributed by atoms with Crippen LogP contribution in [-0.2, 0) is 6.54 Å². The third kappa shape index (κ3) is 5.32. The van der Waals surface area contributed by atoms with Crippen molar-refractivity contribution in [3.05, 3.63) is 71.7 Å². The van der Waals surface area contributed by atoms with Gasteiger partial charge in [0.05, 0.1) is 7.11 Å². The smallest absolute Gasteiger partial charge is 0.272 e. The van der Waals surface area contributed by atoms with Gasteiger partial charge in [-0.05, 0) is 60.5 Å². The molecule has 0 saturated carbocycles. The van der Waals surface area contributed by atoms with Gasteiger partial charge in [0, 0.05) is 44.9 Å². The molecule has 0 spiro atoms. The van der Waals surface area contributed by atoms with Crippen LogP contribution < -0.4 is 19.7 Å². The van der Waals surface area contributed by atoms with Crippen LogP contribution in [0, 0.1) is 6.92 Å². The number of pyridine rings is 1. The molecule has 1 aliphatic heterocycles. The molecule has 1 amide bonds. The Hall–Kier alpha value is -3.68. The van der Waals surface area contributed by atoms with Crippen LogP contribution in [0.1, 0.15) is 34.5 Å². The topological polar surface area (TPSA) is 89.5 Å². The van der Waals surface area contributed by atoms with Crippen LogP contribution in [0.5, 0.6) is 11.5 Å². The summed E-state index contributed by atoms with van der Waals surface area (Å²) in [6.07, 6.45) is 5.34. The molecule has 3 aromatic rings. The molecule has 8 heteroatoms. The van der Waals surface area contributed by atoms with Crippen LogP contribution >= 0.6 is 0 Å². The molecule has 4 rings (SSSR count). The molecule has 2 aromatic heterocycles. The van der Waals surface area contributed by atoms with Crippen molar-refractivity contribution in [1.29, 1.82) is 0 Å². The minimum atomic E-state index is -0.240. The van der Waals surface area contributed by atoms with Gasteiger partial charge < -0.3 is 19.7 Å². The molecule has 32 heavy (non-hydrogen) atoms. The number of hydrogen-bond donors (Lipinski definition) is 1. The Morgan fingerprint density at radius 3 is 2.41 bits per heavy atom. The molecule has 0 aliphatic carbocycles. The first-order valence-electron chi connectivity index (χ1n) is 10.7. The first-order valence-corrected chi connectivity index (χ1v) is 10.7. The maximum atomic E-state index is 12.4. The van der Waals surface area contributed by atoms with Crippen molar-refractivity contribution in [3.63, 3.8) is 0 Å². The number of anilines is 1. The minimum absolute atomic E-state index is 0.158. The number of rotatable bonds is 7. The number of benzene rings is 1. The number of nitrogens with zero attached hydrogens (tertiary/aromatic N) is 4. The molecular formula is C24H27N5O3. The van der Waals surface area contributed by atoms with E-state index in [4.69, 9.17) is 9.47 Å². The second-order valence-electron chi connectivity index (χ2n) is 7.75. The van der Waals surface area contributed by atoms with Gasteiger partial charge in [-0.3, -0.25) is 9.78 Å². The largest absolute Gasteiger partial charge is 0.497 e. The van der Waals surface area contributed by atoms with Crippen LogP contribution in [0.4, 0.5) is 5.82 Å². The lowest BCUT2D eigenvalue weighted by Gasteiger charge is -2.33. The second-order valence-corrected chi connectivity index (χ2v) is 7.75. The lowest BCUT2D eigenvalue weighted by molar-refractivity contribution is 0.0945.